The SMILES string of the molecule is C=CC(=O)OCCNC(=O)OCCC(=O)OC(C)(C)COC. The number of methoxy groups -OCH3 is 1. The van der Waals surface area contributed by atoms with Gasteiger partial charge in [0.15, 0.2) is 0 Å². The highest BCUT2D eigenvalue weighted by atomic mass is 16.6. The molecule has 8 heteroatoms. The Hall–Kier alpha value is -2.09. The molecule has 0 fully saturated rings. The summed E-state index contributed by atoms with van der Waals surface area (Å²) in [4.78, 5) is 33.5. The maximum Gasteiger partial charge on any atom is 0.407 e. The van der Waals surface area contributed by atoms with E-state index in [2.05, 4.69) is 16.6 Å². The van der Waals surface area contributed by atoms with Gasteiger partial charge in [0, 0.05) is 13.2 Å². The lowest BCUT2D eigenvalue weighted by atomic mass is 10.1. The Morgan fingerprint density at radius 2 is 1.86 bits per heavy atom. The van der Waals surface area contributed by atoms with E-state index in [1.807, 2.05) is 0 Å². The van der Waals surface area contributed by atoms with Crippen LogP contribution in [-0.2, 0) is 28.5 Å². The lowest BCUT2D eigenvalue weighted by Crippen LogP contribution is -2.34. The maximum absolute atomic E-state index is 11.5. The molecule has 0 aliphatic heterocycles. The number of rotatable bonds is 10. The molecule has 0 unspecified atom stereocenters. The van der Waals surface area contributed by atoms with Gasteiger partial charge >= 0.3 is 18.0 Å². The van der Waals surface area contributed by atoms with Gasteiger partial charge in [-0.05, 0) is 13.8 Å². The fourth-order valence-electron chi connectivity index (χ4n) is 1.38. The van der Waals surface area contributed by atoms with Crippen molar-refractivity contribution in [1.82, 2.24) is 5.32 Å². The van der Waals surface area contributed by atoms with Crippen LogP contribution >= 0.6 is 0 Å². The van der Waals surface area contributed by atoms with Crippen LogP contribution in [0.5, 0.6) is 0 Å². The van der Waals surface area contributed by atoms with Gasteiger partial charge in [-0.3, -0.25) is 4.79 Å². The van der Waals surface area contributed by atoms with E-state index < -0.39 is 23.6 Å². The first kappa shape index (κ1) is 19.9. The van der Waals surface area contributed by atoms with E-state index >= 15 is 0 Å². The highest BCUT2D eigenvalue weighted by Crippen LogP contribution is 2.10. The van der Waals surface area contributed by atoms with Crippen LogP contribution in [0.25, 0.3) is 0 Å². The number of esters is 2. The number of hydrogen-bond donors (Lipinski definition) is 1. The van der Waals surface area contributed by atoms with Gasteiger partial charge in [-0.2, -0.15) is 0 Å². The minimum absolute atomic E-state index is 0.00715. The largest absolute Gasteiger partial charge is 0.461 e. The zero-order valence-corrected chi connectivity index (χ0v) is 13.2. The summed E-state index contributed by atoms with van der Waals surface area (Å²) >= 11 is 0. The molecule has 1 N–H and O–H groups in total. The molecule has 0 aromatic carbocycles. The summed E-state index contributed by atoms with van der Waals surface area (Å²) in [6.45, 7) is 6.92. The smallest absolute Gasteiger partial charge is 0.407 e. The third-order valence-corrected chi connectivity index (χ3v) is 2.20. The van der Waals surface area contributed by atoms with Crippen LogP contribution in [-0.4, -0.2) is 57.1 Å². The zero-order chi connectivity index (χ0) is 17.0. The van der Waals surface area contributed by atoms with E-state index in [1.54, 1.807) is 13.8 Å². The molecule has 8 nitrogen and oxygen atoms in total. The third kappa shape index (κ3) is 10.7. The molecule has 0 aliphatic carbocycles. The molecule has 0 aromatic heterocycles. The number of amides is 1. The normalized spacial score (nSPS) is 10.5. The van der Waals surface area contributed by atoms with Crippen molar-refractivity contribution in [3.63, 3.8) is 0 Å². The van der Waals surface area contributed by atoms with Crippen molar-refractivity contribution in [2.24, 2.45) is 0 Å². The minimum Gasteiger partial charge on any atom is -0.461 e. The van der Waals surface area contributed by atoms with Gasteiger partial charge in [-0.1, -0.05) is 6.58 Å². The van der Waals surface area contributed by atoms with Crippen molar-refractivity contribution < 1.29 is 33.3 Å². The molecule has 0 rings (SSSR count). The molecule has 0 aromatic rings. The molecule has 0 spiro atoms. The van der Waals surface area contributed by atoms with Gasteiger partial charge in [0.1, 0.15) is 18.8 Å². The number of hydrogen-bond acceptors (Lipinski definition) is 7. The molecule has 0 radical (unpaired) electrons. The lowest BCUT2D eigenvalue weighted by molar-refractivity contribution is -0.161. The summed E-state index contributed by atoms with van der Waals surface area (Å²) in [5.74, 6) is -1.06. The van der Waals surface area contributed by atoms with Crippen LogP contribution in [0.4, 0.5) is 4.79 Å². The summed E-state index contributed by atoms with van der Waals surface area (Å²) in [5, 5.41) is 2.36. The molecular weight excluding hydrogens is 294 g/mol. The molecule has 22 heavy (non-hydrogen) atoms. The number of alkyl carbamates (subject to hydrolysis) is 1. The first-order chi connectivity index (χ1) is 10.3. The number of carbonyl (C=O) groups excluding carboxylic acids is 3. The van der Waals surface area contributed by atoms with Gasteiger partial charge in [0.2, 0.25) is 0 Å². The van der Waals surface area contributed by atoms with Gasteiger partial charge in [0.25, 0.3) is 0 Å². The van der Waals surface area contributed by atoms with Crippen LogP contribution < -0.4 is 5.32 Å². The molecule has 126 valence electrons. The van der Waals surface area contributed by atoms with Crippen LogP contribution in [0.1, 0.15) is 20.3 Å². The Bertz CT molecular complexity index is 393. The highest BCUT2D eigenvalue weighted by Gasteiger charge is 2.22. The van der Waals surface area contributed by atoms with Crippen LogP contribution in [0.2, 0.25) is 0 Å². The second-order valence-corrected chi connectivity index (χ2v) is 4.85. The summed E-state index contributed by atoms with van der Waals surface area (Å²) in [6.07, 6.45) is 0.250. The van der Waals surface area contributed by atoms with Gasteiger partial charge in [-0.25, -0.2) is 9.59 Å². The Kier molecular flexibility index (Phi) is 9.60. The van der Waals surface area contributed by atoms with E-state index in [4.69, 9.17) is 14.2 Å². The second kappa shape index (κ2) is 10.6. The van der Waals surface area contributed by atoms with Crippen molar-refractivity contribution in [1.29, 1.82) is 0 Å². The molecular formula is C14H23NO7. The Balaban J connectivity index is 3.73. The first-order valence-corrected chi connectivity index (χ1v) is 6.71. The number of carbonyl (C=O) groups is 3. The average molecular weight is 317 g/mol. The molecule has 0 saturated heterocycles. The van der Waals surface area contributed by atoms with Crippen molar-refractivity contribution in [2.45, 2.75) is 25.9 Å². The van der Waals surface area contributed by atoms with Crippen molar-refractivity contribution >= 4 is 18.0 Å². The molecule has 0 heterocycles. The van der Waals surface area contributed by atoms with E-state index in [9.17, 15) is 14.4 Å². The fourth-order valence-corrected chi connectivity index (χ4v) is 1.38. The van der Waals surface area contributed by atoms with Crippen LogP contribution in [0.15, 0.2) is 12.7 Å². The topological polar surface area (TPSA) is 100 Å². The Morgan fingerprint density at radius 3 is 2.45 bits per heavy atom. The molecule has 0 saturated carbocycles. The minimum atomic E-state index is -0.733. The van der Waals surface area contributed by atoms with Crippen LogP contribution in [0.3, 0.4) is 0 Å². The summed E-state index contributed by atoms with van der Waals surface area (Å²) in [7, 11) is 1.51. The Morgan fingerprint density at radius 1 is 1.18 bits per heavy atom. The fraction of sp³-hybridized carbons (Fsp3) is 0.643. The van der Waals surface area contributed by atoms with E-state index in [0.29, 0.717) is 0 Å². The summed E-state index contributed by atoms with van der Waals surface area (Å²) < 4.78 is 19.5. The molecule has 0 bridgehead atoms. The summed E-state index contributed by atoms with van der Waals surface area (Å²) in [5.41, 5.74) is -0.733. The van der Waals surface area contributed by atoms with Gasteiger partial charge in [-0.15, -0.1) is 0 Å². The van der Waals surface area contributed by atoms with Gasteiger partial charge < -0.3 is 24.3 Å². The Labute approximate surface area is 129 Å². The highest BCUT2D eigenvalue weighted by molar-refractivity contribution is 5.81. The van der Waals surface area contributed by atoms with Crippen molar-refractivity contribution in [2.75, 3.05) is 33.5 Å². The van der Waals surface area contributed by atoms with Crippen molar-refractivity contribution in [3.05, 3.63) is 12.7 Å². The van der Waals surface area contributed by atoms with E-state index in [0.717, 1.165) is 6.08 Å². The average Bonchev–Trinajstić information content (AvgIpc) is 2.42. The predicted octanol–water partition coefficient (Wildman–Crippen LogP) is 0.800. The molecule has 0 atom stereocenters. The summed E-state index contributed by atoms with van der Waals surface area (Å²) in [6, 6.07) is 0. The predicted molar refractivity (Wildman–Crippen MR) is 77.2 cm³/mol. The monoisotopic (exact) mass is 317 g/mol. The maximum atomic E-state index is 11.5. The molecule has 1 amide bonds. The van der Waals surface area contributed by atoms with Crippen LogP contribution in [0, 0.1) is 0 Å². The van der Waals surface area contributed by atoms with Crippen molar-refractivity contribution in [3.8, 4) is 0 Å². The van der Waals surface area contributed by atoms with Gasteiger partial charge in [0.05, 0.1) is 19.6 Å². The third-order valence-electron chi connectivity index (χ3n) is 2.20. The van der Waals surface area contributed by atoms with E-state index in [1.165, 1.54) is 7.11 Å². The number of ether oxygens (including phenoxy) is 4. The standard InChI is InChI=1S/C14H23NO7/c1-5-11(16)20-9-7-15-13(18)21-8-6-12(17)22-14(2,3)10-19-4/h5H,1,6-10H2,2-4H3,(H,15,18). The lowest BCUT2D eigenvalue weighted by Gasteiger charge is -2.23. The molecule has 0 aliphatic rings. The second-order valence-electron chi connectivity index (χ2n) is 4.85. The first-order valence-electron chi connectivity index (χ1n) is 6.71. The quantitative estimate of drug-likeness (QED) is 0.275. The van der Waals surface area contributed by atoms with E-state index in [-0.39, 0.29) is 32.8 Å². The number of nitrogens with one attached hydrogen (secondary N) is 1. The zero-order valence-electron chi connectivity index (χ0n) is 13.2.